The van der Waals surface area contributed by atoms with Crippen LogP contribution in [0.2, 0.25) is 0 Å². The quantitative estimate of drug-likeness (QED) is 0.650. The molecule has 0 bridgehead atoms. The summed E-state index contributed by atoms with van der Waals surface area (Å²) in [6.45, 7) is 7.55. The summed E-state index contributed by atoms with van der Waals surface area (Å²) >= 11 is 0. The first-order chi connectivity index (χ1) is 7.24. The molecule has 1 aliphatic rings. The van der Waals surface area contributed by atoms with E-state index in [-0.39, 0.29) is 11.9 Å². The van der Waals surface area contributed by atoms with Gasteiger partial charge in [-0.1, -0.05) is 6.08 Å². The highest BCUT2D eigenvalue weighted by atomic mass is 16.5. The summed E-state index contributed by atoms with van der Waals surface area (Å²) < 4.78 is 5.25. The Morgan fingerprint density at radius 2 is 2.27 bits per heavy atom. The number of carbonyl (C=O) groups is 1. The van der Waals surface area contributed by atoms with Crippen LogP contribution in [0.3, 0.4) is 0 Å². The van der Waals surface area contributed by atoms with Crippen LogP contribution in [-0.4, -0.2) is 37.7 Å². The third-order valence-electron chi connectivity index (χ3n) is 2.52. The second-order valence-electron chi connectivity index (χ2n) is 3.81. The van der Waals surface area contributed by atoms with E-state index < -0.39 is 0 Å². The van der Waals surface area contributed by atoms with E-state index in [0.29, 0.717) is 12.6 Å². The van der Waals surface area contributed by atoms with Crippen molar-refractivity contribution in [1.82, 2.24) is 10.6 Å². The van der Waals surface area contributed by atoms with Gasteiger partial charge in [0.1, 0.15) is 0 Å². The summed E-state index contributed by atoms with van der Waals surface area (Å²) in [5.41, 5.74) is 0. The number of carbonyl (C=O) groups excluding carboxylic acids is 1. The molecule has 15 heavy (non-hydrogen) atoms. The number of nitrogens with one attached hydrogen (secondary N) is 2. The van der Waals surface area contributed by atoms with Gasteiger partial charge in [0.2, 0.25) is 5.91 Å². The highest BCUT2D eigenvalue weighted by Crippen LogP contribution is 2.06. The maximum absolute atomic E-state index is 11.5. The fourth-order valence-electron chi connectivity index (χ4n) is 1.62. The van der Waals surface area contributed by atoms with Crippen molar-refractivity contribution in [2.45, 2.75) is 31.8 Å². The van der Waals surface area contributed by atoms with E-state index >= 15 is 0 Å². The zero-order chi connectivity index (χ0) is 11.1. The van der Waals surface area contributed by atoms with E-state index in [9.17, 15) is 4.79 Å². The Bertz CT molecular complexity index is 213. The minimum absolute atomic E-state index is 0.0291. The van der Waals surface area contributed by atoms with Crippen molar-refractivity contribution < 1.29 is 9.53 Å². The van der Waals surface area contributed by atoms with Crippen LogP contribution >= 0.6 is 0 Å². The summed E-state index contributed by atoms with van der Waals surface area (Å²) in [4.78, 5) is 11.5. The lowest BCUT2D eigenvalue weighted by Gasteiger charge is -2.26. The molecule has 1 unspecified atom stereocenters. The van der Waals surface area contributed by atoms with Gasteiger partial charge in [0.25, 0.3) is 0 Å². The predicted molar refractivity (Wildman–Crippen MR) is 59.6 cm³/mol. The minimum Gasteiger partial charge on any atom is -0.381 e. The first kappa shape index (κ1) is 12.2. The highest BCUT2D eigenvalue weighted by Gasteiger charge is 2.19. The number of hydrogen-bond acceptors (Lipinski definition) is 3. The lowest BCUT2D eigenvalue weighted by atomic mass is 10.1. The molecule has 4 heteroatoms. The van der Waals surface area contributed by atoms with Gasteiger partial charge < -0.3 is 15.4 Å². The Labute approximate surface area is 91.1 Å². The molecule has 1 fully saturated rings. The molecule has 1 amide bonds. The first-order valence-electron chi connectivity index (χ1n) is 5.46. The Hall–Kier alpha value is -0.870. The van der Waals surface area contributed by atoms with Gasteiger partial charge in [0.05, 0.1) is 6.04 Å². The zero-order valence-electron chi connectivity index (χ0n) is 9.29. The number of ether oxygens (including phenoxy) is 1. The Kier molecular flexibility index (Phi) is 5.36. The lowest BCUT2D eigenvalue weighted by molar-refractivity contribution is -0.122. The monoisotopic (exact) mass is 212 g/mol. The van der Waals surface area contributed by atoms with Crippen molar-refractivity contribution in [2.75, 3.05) is 19.8 Å². The summed E-state index contributed by atoms with van der Waals surface area (Å²) in [5, 5.41) is 6.07. The van der Waals surface area contributed by atoms with Crippen molar-refractivity contribution in [3.8, 4) is 0 Å². The van der Waals surface area contributed by atoms with Crippen molar-refractivity contribution in [3.05, 3.63) is 12.7 Å². The molecule has 1 saturated heterocycles. The van der Waals surface area contributed by atoms with Gasteiger partial charge >= 0.3 is 0 Å². The molecule has 0 radical (unpaired) electrons. The van der Waals surface area contributed by atoms with Crippen LogP contribution in [0.5, 0.6) is 0 Å². The third kappa shape index (κ3) is 4.44. The van der Waals surface area contributed by atoms with Gasteiger partial charge in [-0.15, -0.1) is 6.58 Å². The van der Waals surface area contributed by atoms with Crippen LogP contribution in [0.1, 0.15) is 19.8 Å². The predicted octanol–water partition coefficient (Wildman–Crippen LogP) is 0.446. The van der Waals surface area contributed by atoms with Gasteiger partial charge in [-0.3, -0.25) is 4.79 Å². The molecule has 0 aromatic carbocycles. The van der Waals surface area contributed by atoms with Crippen molar-refractivity contribution in [2.24, 2.45) is 0 Å². The standard InChI is InChI=1S/C11H20N2O2/c1-3-6-12-11(14)9(2)13-10-4-7-15-8-5-10/h3,9-10,13H,1,4-8H2,2H3,(H,12,14). The van der Waals surface area contributed by atoms with Crippen molar-refractivity contribution >= 4 is 5.91 Å². The molecular formula is C11H20N2O2. The summed E-state index contributed by atoms with van der Waals surface area (Å²) in [7, 11) is 0. The van der Waals surface area contributed by atoms with Gasteiger partial charge in [-0.2, -0.15) is 0 Å². The van der Waals surface area contributed by atoms with Crippen LogP contribution in [0.4, 0.5) is 0 Å². The lowest BCUT2D eigenvalue weighted by Crippen LogP contribution is -2.48. The normalized spacial score (nSPS) is 19.5. The van der Waals surface area contributed by atoms with Crippen LogP contribution in [-0.2, 0) is 9.53 Å². The van der Waals surface area contributed by atoms with E-state index in [4.69, 9.17) is 4.74 Å². The van der Waals surface area contributed by atoms with Crippen LogP contribution in [0.15, 0.2) is 12.7 Å². The fraction of sp³-hybridized carbons (Fsp3) is 0.727. The number of amides is 1. The summed E-state index contributed by atoms with van der Waals surface area (Å²) in [6, 6.07) is 0.260. The molecule has 0 aliphatic carbocycles. The van der Waals surface area contributed by atoms with Gasteiger partial charge in [0.15, 0.2) is 0 Å². The van der Waals surface area contributed by atoms with E-state index in [1.165, 1.54) is 0 Å². The molecule has 1 rings (SSSR count). The molecule has 4 nitrogen and oxygen atoms in total. The SMILES string of the molecule is C=CCNC(=O)C(C)NC1CCOCC1. The molecule has 1 aliphatic heterocycles. The molecule has 2 N–H and O–H groups in total. The summed E-state index contributed by atoms with van der Waals surface area (Å²) in [5.74, 6) is 0.0291. The van der Waals surface area contributed by atoms with Crippen molar-refractivity contribution in [3.63, 3.8) is 0 Å². The molecule has 0 aromatic rings. The maximum Gasteiger partial charge on any atom is 0.237 e. The van der Waals surface area contributed by atoms with E-state index in [0.717, 1.165) is 26.1 Å². The molecule has 0 saturated carbocycles. The largest absolute Gasteiger partial charge is 0.381 e. The van der Waals surface area contributed by atoms with E-state index in [2.05, 4.69) is 17.2 Å². The van der Waals surface area contributed by atoms with Crippen molar-refractivity contribution in [1.29, 1.82) is 0 Å². The van der Waals surface area contributed by atoms with E-state index in [1.54, 1.807) is 6.08 Å². The Morgan fingerprint density at radius 1 is 1.60 bits per heavy atom. The molecule has 0 aromatic heterocycles. The van der Waals surface area contributed by atoms with Gasteiger partial charge in [0, 0.05) is 25.8 Å². The highest BCUT2D eigenvalue weighted by molar-refractivity contribution is 5.81. The summed E-state index contributed by atoms with van der Waals surface area (Å²) in [6.07, 6.45) is 3.65. The molecule has 1 heterocycles. The first-order valence-corrected chi connectivity index (χ1v) is 5.46. The Balaban J connectivity index is 2.23. The molecule has 0 spiro atoms. The van der Waals surface area contributed by atoms with Crippen LogP contribution in [0, 0.1) is 0 Å². The zero-order valence-corrected chi connectivity index (χ0v) is 9.29. The van der Waals surface area contributed by atoms with Crippen LogP contribution in [0.25, 0.3) is 0 Å². The maximum atomic E-state index is 11.5. The number of hydrogen-bond donors (Lipinski definition) is 2. The second kappa shape index (κ2) is 6.58. The molecular weight excluding hydrogens is 192 g/mol. The second-order valence-corrected chi connectivity index (χ2v) is 3.81. The smallest absolute Gasteiger partial charge is 0.237 e. The van der Waals surface area contributed by atoms with Crippen LogP contribution < -0.4 is 10.6 Å². The molecule has 1 atom stereocenters. The number of rotatable bonds is 5. The Morgan fingerprint density at radius 3 is 2.87 bits per heavy atom. The topological polar surface area (TPSA) is 50.4 Å². The average Bonchev–Trinajstić information content (AvgIpc) is 2.27. The van der Waals surface area contributed by atoms with E-state index in [1.807, 2.05) is 6.92 Å². The minimum atomic E-state index is -0.145. The van der Waals surface area contributed by atoms with Gasteiger partial charge in [-0.05, 0) is 19.8 Å². The molecule has 86 valence electrons. The van der Waals surface area contributed by atoms with Gasteiger partial charge in [-0.25, -0.2) is 0 Å². The average molecular weight is 212 g/mol. The third-order valence-corrected chi connectivity index (χ3v) is 2.52. The fourth-order valence-corrected chi connectivity index (χ4v) is 1.62.